The van der Waals surface area contributed by atoms with Crippen molar-refractivity contribution in [3.05, 3.63) is 23.8 Å². The minimum absolute atomic E-state index is 0. The minimum atomic E-state index is -4.43. The number of methoxy groups -OCH3 is 1. The number of hydrogen-bond acceptors (Lipinski definition) is 4. The molecular weight excluding hydrogens is 516 g/mol. The summed E-state index contributed by atoms with van der Waals surface area (Å²) in [6, 6.07) is 4.57. The van der Waals surface area contributed by atoms with E-state index >= 15 is 0 Å². The van der Waals surface area contributed by atoms with Crippen LogP contribution >= 0.6 is 24.0 Å². The molecule has 0 spiro atoms. The normalized spacial score (nSPS) is 11.9. The Morgan fingerprint density at radius 2 is 1.80 bits per heavy atom. The summed E-state index contributed by atoms with van der Waals surface area (Å²) in [7, 11) is 1.35. The van der Waals surface area contributed by atoms with Crippen molar-refractivity contribution in [1.29, 1.82) is 0 Å². The molecule has 0 saturated heterocycles. The van der Waals surface area contributed by atoms with E-state index in [0.717, 1.165) is 0 Å². The summed E-state index contributed by atoms with van der Waals surface area (Å²) in [6.45, 7) is 7.04. The molecule has 1 rings (SSSR count). The number of ether oxygens (including phenoxy) is 2. The first-order chi connectivity index (χ1) is 13.4. The van der Waals surface area contributed by atoms with E-state index in [2.05, 4.69) is 20.9 Å². The number of alkyl halides is 3. The second kappa shape index (κ2) is 12.7. The molecule has 1 amide bonds. The first-order valence-electron chi connectivity index (χ1n) is 9.13. The molecule has 0 unspecified atom stereocenters. The molecule has 0 aromatic heterocycles. The maximum atomic E-state index is 12.3. The number of carbonyl (C=O) groups excluding carboxylic acids is 1. The van der Waals surface area contributed by atoms with Gasteiger partial charge in [-0.05, 0) is 45.4 Å². The number of benzene rings is 1. The Hall–Kier alpha value is -1.92. The summed E-state index contributed by atoms with van der Waals surface area (Å²) in [5, 5.41) is 8.80. The number of nitrogens with zero attached hydrogens (tertiary/aromatic N) is 1. The molecule has 0 radical (unpaired) electrons. The molecule has 0 fully saturated rings. The van der Waals surface area contributed by atoms with Crippen LogP contribution in [0.5, 0.6) is 11.5 Å². The summed E-state index contributed by atoms with van der Waals surface area (Å²) >= 11 is 0. The monoisotopic (exact) mass is 546 g/mol. The number of halogens is 4. The molecule has 0 atom stereocenters. The standard InChI is InChI=1S/C19H29F3N4O3.HI/c1-6-23-17(25-11-16(27)26-18(2,3)4)24-10-13-7-8-14(15(9-13)28-5)29-12-19(20,21)22;/h7-9H,6,10-12H2,1-5H3,(H,26,27)(H2,23,24,25);1H. The van der Waals surface area contributed by atoms with Gasteiger partial charge in [0.2, 0.25) is 5.91 Å². The summed E-state index contributed by atoms with van der Waals surface area (Å²) in [5.41, 5.74) is 0.373. The van der Waals surface area contributed by atoms with Gasteiger partial charge < -0.3 is 25.4 Å². The largest absolute Gasteiger partial charge is 0.493 e. The van der Waals surface area contributed by atoms with Gasteiger partial charge in [-0.3, -0.25) is 4.79 Å². The fourth-order valence-electron chi connectivity index (χ4n) is 2.23. The predicted octanol–water partition coefficient (Wildman–Crippen LogP) is 3.22. The zero-order chi connectivity index (χ0) is 22.1. The highest BCUT2D eigenvalue weighted by Gasteiger charge is 2.29. The second-order valence-electron chi connectivity index (χ2n) is 7.24. The molecule has 1 aromatic carbocycles. The Balaban J connectivity index is 0.00000841. The van der Waals surface area contributed by atoms with Crippen LogP contribution in [-0.4, -0.2) is 50.4 Å². The molecule has 0 aliphatic rings. The van der Waals surface area contributed by atoms with Crippen molar-refractivity contribution < 1.29 is 27.4 Å². The zero-order valence-corrected chi connectivity index (χ0v) is 20.1. The van der Waals surface area contributed by atoms with E-state index in [1.54, 1.807) is 12.1 Å². The average molecular weight is 546 g/mol. The third kappa shape index (κ3) is 11.9. The minimum Gasteiger partial charge on any atom is -0.493 e. The molecular formula is C19H30F3IN4O3. The fraction of sp³-hybridized carbons (Fsp3) is 0.579. The quantitative estimate of drug-likeness (QED) is 0.265. The second-order valence-corrected chi connectivity index (χ2v) is 7.24. The van der Waals surface area contributed by atoms with Gasteiger partial charge in [0.05, 0.1) is 20.2 Å². The van der Waals surface area contributed by atoms with Crippen LogP contribution in [0.4, 0.5) is 13.2 Å². The summed E-state index contributed by atoms with van der Waals surface area (Å²) in [6.07, 6.45) is -4.43. The van der Waals surface area contributed by atoms with Crippen molar-refractivity contribution in [3.63, 3.8) is 0 Å². The van der Waals surface area contributed by atoms with E-state index in [0.29, 0.717) is 18.1 Å². The molecule has 3 N–H and O–H groups in total. The fourth-order valence-corrected chi connectivity index (χ4v) is 2.23. The van der Waals surface area contributed by atoms with Crippen LogP contribution < -0.4 is 25.4 Å². The van der Waals surface area contributed by atoms with Crippen LogP contribution in [0.25, 0.3) is 0 Å². The highest BCUT2D eigenvalue weighted by Crippen LogP contribution is 2.30. The number of amides is 1. The van der Waals surface area contributed by atoms with Crippen LogP contribution in [0.15, 0.2) is 23.2 Å². The van der Waals surface area contributed by atoms with E-state index in [-0.39, 0.29) is 60.0 Å². The van der Waals surface area contributed by atoms with Crippen LogP contribution in [-0.2, 0) is 11.3 Å². The lowest BCUT2D eigenvalue weighted by molar-refractivity contribution is -0.153. The van der Waals surface area contributed by atoms with E-state index in [4.69, 9.17) is 9.47 Å². The Labute approximate surface area is 192 Å². The van der Waals surface area contributed by atoms with Crippen LogP contribution in [0.3, 0.4) is 0 Å². The zero-order valence-electron chi connectivity index (χ0n) is 17.8. The summed E-state index contributed by atoms with van der Waals surface area (Å²) in [4.78, 5) is 16.3. The maximum absolute atomic E-state index is 12.3. The molecule has 30 heavy (non-hydrogen) atoms. The maximum Gasteiger partial charge on any atom is 0.422 e. The van der Waals surface area contributed by atoms with E-state index in [1.807, 2.05) is 27.7 Å². The number of guanidine groups is 1. The van der Waals surface area contributed by atoms with Gasteiger partial charge in [-0.2, -0.15) is 13.2 Å². The molecule has 0 bridgehead atoms. The highest BCUT2D eigenvalue weighted by molar-refractivity contribution is 14.0. The van der Waals surface area contributed by atoms with E-state index < -0.39 is 12.8 Å². The Morgan fingerprint density at radius 3 is 2.33 bits per heavy atom. The van der Waals surface area contributed by atoms with Crippen LogP contribution in [0.2, 0.25) is 0 Å². The Bertz CT molecular complexity index is 707. The van der Waals surface area contributed by atoms with Crippen molar-refractivity contribution in [3.8, 4) is 11.5 Å². The van der Waals surface area contributed by atoms with Crippen molar-refractivity contribution >= 4 is 35.8 Å². The van der Waals surface area contributed by atoms with E-state index in [1.165, 1.54) is 13.2 Å². The molecule has 0 heterocycles. The number of nitrogens with one attached hydrogen (secondary N) is 3. The molecule has 0 aliphatic carbocycles. The van der Waals surface area contributed by atoms with Crippen molar-refractivity contribution in [2.45, 2.75) is 46.0 Å². The summed E-state index contributed by atoms with van der Waals surface area (Å²) < 4.78 is 46.9. The number of aliphatic imine (C=N–C) groups is 1. The average Bonchev–Trinajstić information content (AvgIpc) is 2.60. The lowest BCUT2D eigenvalue weighted by Crippen LogP contribution is -2.48. The molecule has 7 nitrogen and oxygen atoms in total. The lowest BCUT2D eigenvalue weighted by Gasteiger charge is -2.21. The highest BCUT2D eigenvalue weighted by atomic mass is 127. The topological polar surface area (TPSA) is 84.0 Å². The Morgan fingerprint density at radius 1 is 1.13 bits per heavy atom. The SMILES string of the molecule is CCNC(=NCc1ccc(OCC(F)(F)F)c(OC)c1)NCC(=O)NC(C)(C)C.I. The first-order valence-corrected chi connectivity index (χ1v) is 9.13. The third-order valence-electron chi connectivity index (χ3n) is 3.31. The van der Waals surface area contributed by atoms with Gasteiger partial charge in [-0.1, -0.05) is 6.07 Å². The van der Waals surface area contributed by atoms with Gasteiger partial charge in [0.1, 0.15) is 0 Å². The lowest BCUT2D eigenvalue weighted by atomic mass is 10.1. The van der Waals surface area contributed by atoms with Crippen LogP contribution in [0, 0.1) is 0 Å². The van der Waals surface area contributed by atoms with Gasteiger partial charge in [0.25, 0.3) is 0 Å². The molecule has 0 aliphatic heterocycles. The van der Waals surface area contributed by atoms with Gasteiger partial charge in [0.15, 0.2) is 24.1 Å². The number of rotatable bonds is 8. The van der Waals surface area contributed by atoms with Crippen molar-refractivity contribution in [1.82, 2.24) is 16.0 Å². The molecule has 172 valence electrons. The predicted molar refractivity (Wildman–Crippen MR) is 121 cm³/mol. The Kier molecular flexibility index (Phi) is 11.9. The van der Waals surface area contributed by atoms with Gasteiger partial charge in [-0.25, -0.2) is 4.99 Å². The summed E-state index contributed by atoms with van der Waals surface area (Å²) in [5.74, 6) is 0.453. The van der Waals surface area contributed by atoms with Crippen LogP contribution in [0.1, 0.15) is 33.3 Å². The van der Waals surface area contributed by atoms with Crippen molar-refractivity contribution in [2.24, 2.45) is 4.99 Å². The molecule has 1 aromatic rings. The third-order valence-corrected chi connectivity index (χ3v) is 3.31. The smallest absolute Gasteiger partial charge is 0.422 e. The number of hydrogen-bond donors (Lipinski definition) is 3. The van der Waals surface area contributed by atoms with Gasteiger partial charge in [-0.15, -0.1) is 24.0 Å². The number of carbonyl (C=O) groups is 1. The van der Waals surface area contributed by atoms with Crippen molar-refractivity contribution in [2.75, 3.05) is 26.8 Å². The molecule has 0 saturated carbocycles. The molecule has 11 heteroatoms. The van der Waals surface area contributed by atoms with E-state index in [9.17, 15) is 18.0 Å². The first kappa shape index (κ1) is 28.1. The van der Waals surface area contributed by atoms with Gasteiger partial charge in [0, 0.05) is 12.1 Å². The van der Waals surface area contributed by atoms with Gasteiger partial charge >= 0.3 is 6.18 Å².